The van der Waals surface area contributed by atoms with Crippen molar-refractivity contribution in [3.05, 3.63) is 59.8 Å². The van der Waals surface area contributed by atoms with Crippen molar-refractivity contribution in [1.82, 2.24) is 4.98 Å². The number of nitrogens with zero attached hydrogens (tertiary/aromatic N) is 6. The minimum absolute atomic E-state index is 0.0375. The molecule has 26 heavy (non-hydrogen) atoms. The summed E-state index contributed by atoms with van der Waals surface area (Å²) in [5.74, 6) is 0.205. The predicted octanol–water partition coefficient (Wildman–Crippen LogP) is 3.64. The lowest BCUT2D eigenvalue weighted by Crippen LogP contribution is -2.30. The summed E-state index contributed by atoms with van der Waals surface area (Å²) < 4.78 is 0. The summed E-state index contributed by atoms with van der Waals surface area (Å²) in [6.45, 7) is 1.76. The number of carbonyl (C=O) groups is 1. The molecule has 0 aliphatic carbocycles. The Morgan fingerprint density at radius 3 is 2.58 bits per heavy atom. The minimum Gasteiger partial charge on any atom is -0.465 e. The summed E-state index contributed by atoms with van der Waals surface area (Å²) in [7, 11) is 0. The predicted molar refractivity (Wildman–Crippen MR) is 91.8 cm³/mol. The molecule has 1 aliphatic rings. The van der Waals surface area contributed by atoms with Crippen molar-refractivity contribution in [2.45, 2.75) is 19.2 Å². The van der Waals surface area contributed by atoms with Crippen molar-refractivity contribution in [2.24, 2.45) is 25.8 Å². The first-order valence-electron chi connectivity index (χ1n) is 7.63. The molecule has 10 heteroatoms. The van der Waals surface area contributed by atoms with Gasteiger partial charge in [0.2, 0.25) is 5.66 Å². The number of hydrogen-bond acceptors (Lipinski definition) is 8. The zero-order valence-corrected chi connectivity index (χ0v) is 13.8. The third-order valence-corrected chi connectivity index (χ3v) is 3.42. The molecule has 1 aromatic heterocycles. The highest BCUT2D eigenvalue weighted by molar-refractivity contribution is 6.06. The van der Waals surface area contributed by atoms with Gasteiger partial charge in [-0.3, -0.25) is 5.32 Å². The Balaban J connectivity index is 1.78. The number of carboxylic acid groups (broad SMARTS) is 1. The van der Waals surface area contributed by atoms with Gasteiger partial charge in [-0.25, -0.2) is 9.78 Å². The molecule has 0 bridgehead atoms. The fourth-order valence-corrected chi connectivity index (χ4v) is 2.24. The molecule has 0 atom stereocenters. The maximum atomic E-state index is 10.7. The van der Waals surface area contributed by atoms with E-state index in [0.29, 0.717) is 11.4 Å². The Kier molecular flexibility index (Phi) is 4.92. The van der Waals surface area contributed by atoms with E-state index in [4.69, 9.17) is 9.94 Å². The van der Waals surface area contributed by atoms with Crippen molar-refractivity contribution in [2.75, 3.05) is 5.32 Å². The van der Waals surface area contributed by atoms with Crippen LogP contribution in [0.15, 0.2) is 74.4 Å². The van der Waals surface area contributed by atoms with Gasteiger partial charge in [0.25, 0.3) is 0 Å². The van der Waals surface area contributed by atoms with Gasteiger partial charge in [-0.2, -0.15) is 0 Å². The third-order valence-electron chi connectivity index (χ3n) is 3.42. The number of hydrogen-bond donors (Lipinski definition) is 2. The molecule has 0 fully saturated rings. The highest BCUT2D eigenvalue weighted by Gasteiger charge is 2.35. The van der Waals surface area contributed by atoms with Crippen LogP contribution < -0.4 is 5.32 Å². The Morgan fingerprint density at radius 1 is 1.15 bits per heavy atom. The summed E-state index contributed by atoms with van der Waals surface area (Å²) in [6, 6.07) is 14.2. The molecule has 10 nitrogen and oxygen atoms in total. The van der Waals surface area contributed by atoms with Crippen molar-refractivity contribution in [3.63, 3.8) is 0 Å². The molecule has 1 amide bonds. The van der Waals surface area contributed by atoms with E-state index >= 15 is 0 Å². The van der Waals surface area contributed by atoms with Crippen LogP contribution in [0.25, 0.3) is 0 Å². The molecular formula is C16H15N7O3. The second-order valence-electron chi connectivity index (χ2n) is 5.42. The van der Waals surface area contributed by atoms with E-state index in [0.717, 1.165) is 5.56 Å². The summed E-state index contributed by atoms with van der Waals surface area (Å²) >= 11 is 0. The van der Waals surface area contributed by atoms with Gasteiger partial charge in [-0.15, -0.1) is 10.2 Å². The van der Waals surface area contributed by atoms with Crippen molar-refractivity contribution in [3.8, 4) is 0 Å². The van der Waals surface area contributed by atoms with Crippen LogP contribution >= 0.6 is 0 Å². The van der Waals surface area contributed by atoms with Crippen molar-refractivity contribution in [1.29, 1.82) is 0 Å². The van der Waals surface area contributed by atoms with Crippen LogP contribution in [0.3, 0.4) is 0 Å². The molecule has 3 rings (SSSR count). The standard InChI is InChI=1S/C16H15N7O3/c1-16(20-22-23-21-16)14(11-6-3-2-4-7-11)19-26-10-12-8-5-9-13(17-12)18-15(24)25/h2-9H,10H2,1H3,(H,17,18)(H,24,25)/b19-14-. The average Bonchev–Trinajstić information content (AvgIpc) is 3.06. The molecule has 132 valence electrons. The lowest BCUT2D eigenvalue weighted by atomic mass is 10.0. The largest absolute Gasteiger partial charge is 0.465 e. The van der Waals surface area contributed by atoms with E-state index in [-0.39, 0.29) is 12.4 Å². The highest BCUT2D eigenvalue weighted by atomic mass is 16.6. The van der Waals surface area contributed by atoms with Gasteiger partial charge < -0.3 is 9.94 Å². The third kappa shape index (κ3) is 4.04. The smallest absolute Gasteiger partial charge is 0.410 e. The van der Waals surface area contributed by atoms with Gasteiger partial charge in [-0.1, -0.05) is 41.6 Å². The second-order valence-corrected chi connectivity index (χ2v) is 5.42. The van der Waals surface area contributed by atoms with Gasteiger partial charge in [-0.05, 0) is 29.5 Å². The summed E-state index contributed by atoms with van der Waals surface area (Å²) in [6.07, 6.45) is -1.19. The highest BCUT2D eigenvalue weighted by Crippen LogP contribution is 2.25. The molecule has 2 N–H and O–H groups in total. The van der Waals surface area contributed by atoms with Crippen LogP contribution in [-0.4, -0.2) is 27.6 Å². The van der Waals surface area contributed by atoms with Gasteiger partial charge in [0.05, 0.1) is 5.69 Å². The van der Waals surface area contributed by atoms with Gasteiger partial charge >= 0.3 is 6.09 Å². The number of anilines is 1. The Morgan fingerprint density at radius 2 is 1.88 bits per heavy atom. The fourth-order valence-electron chi connectivity index (χ4n) is 2.24. The van der Waals surface area contributed by atoms with Crippen molar-refractivity contribution < 1.29 is 14.7 Å². The first-order chi connectivity index (χ1) is 12.6. The number of amides is 1. The number of aromatic nitrogens is 1. The monoisotopic (exact) mass is 353 g/mol. The van der Waals surface area contributed by atoms with Crippen LogP contribution in [0.5, 0.6) is 0 Å². The van der Waals surface area contributed by atoms with E-state index in [9.17, 15) is 4.79 Å². The molecule has 2 heterocycles. The molecule has 2 aromatic rings. The lowest BCUT2D eigenvalue weighted by molar-refractivity contribution is 0.126. The molecular weight excluding hydrogens is 338 g/mol. The van der Waals surface area contributed by atoms with Gasteiger partial charge in [0, 0.05) is 5.56 Å². The van der Waals surface area contributed by atoms with Gasteiger partial charge in [0.15, 0.2) is 6.61 Å². The minimum atomic E-state index is -1.19. The maximum Gasteiger partial charge on any atom is 0.410 e. The number of oxime groups is 1. The number of nitrogens with one attached hydrogen (secondary N) is 1. The van der Waals surface area contributed by atoms with Crippen LogP contribution in [-0.2, 0) is 11.4 Å². The first-order valence-corrected chi connectivity index (χ1v) is 7.63. The van der Waals surface area contributed by atoms with E-state index in [2.05, 4.69) is 36.1 Å². The average molecular weight is 353 g/mol. The van der Waals surface area contributed by atoms with Crippen LogP contribution in [0, 0.1) is 0 Å². The lowest BCUT2D eigenvalue weighted by Gasteiger charge is -2.16. The molecule has 0 spiro atoms. The normalized spacial score (nSPS) is 15.0. The van der Waals surface area contributed by atoms with E-state index in [1.807, 2.05) is 30.3 Å². The zero-order chi connectivity index (χ0) is 18.4. The van der Waals surface area contributed by atoms with Crippen LogP contribution in [0.2, 0.25) is 0 Å². The summed E-state index contributed by atoms with van der Waals surface area (Å²) in [5.41, 5.74) is 0.654. The fraction of sp³-hybridized carbons (Fsp3) is 0.188. The molecule has 1 aromatic carbocycles. The quantitative estimate of drug-likeness (QED) is 0.605. The van der Waals surface area contributed by atoms with E-state index < -0.39 is 11.8 Å². The van der Waals surface area contributed by atoms with E-state index in [1.54, 1.807) is 19.1 Å². The second kappa shape index (κ2) is 7.47. The summed E-state index contributed by atoms with van der Waals surface area (Å²) in [4.78, 5) is 20.2. The van der Waals surface area contributed by atoms with Crippen molar-refractivity contribution >= 4 is 17.6 Å². The maximum absolute atomic E-state index is 10.7. The number of rotatable bonds is 6. The molecule has 0 unspecified atom stereocenters. The topological polar surface area (TPSA) is 133 Å². The number of benzene rings is 1. The van der Waals surface area contributed by atoms with E-state index in [1.165, 1.54) is 6.07 Å². The van der Waals surface area contributed by atoms with Crippen LogP contribution in [0.1, 0.15) is 18.2 Å². The SMILES string of the molecule is CC1(/C(=N\OCc2cccc(NC(=O)O)n2)c2ccccc2)N=NN=N1. The molecule has 0 saturated heterocycles. The number of pyridine rings is 1. The molecule has 1 aliphatic heterocycles. The Bertz CT molecular complexity index is 868. The van der Waals surface area contributed by atoms with Crippen LogP contribution in [0.4, 0.5) is 10.6 Å². The first kappa shape index (κ1) is 17.1. The molecule has 0 saturated carbocycles. The van der Waals surface area contributed by atoms with Gasteiger partial charge in [0.1, 0.15) is 11.5 Å². The summed E-state index contributed by atoms with van der Waals surface area (Å²) in [5, 5.41) is 30.2. The zero-order valence-electron chi connectivity index (χ0n) is 13.8. The Hall–Kier alpha value is -3.69. The molecule has 0 radical (unpaired) electrons. The Labute approximate surface area is 148 Å².